The Labute approximate surface area is 288 Å². The number of nitrogens with one attached hydrogen (secondary N) is 1. The van der Waals surface area contributed by atoms with E-state index < -0.39 is 49.3 Å². The zero-order valence-corrected chi connectivity index (χ0v) is 34.2. The first kappa shape index (κ1) is 38.6. The fourth-order valence-corrected chi connectivity index (χ4v) is 18.2. The van der Waals surface area contributed by atoms with Crippen LogP contribution in [0.1, 0.15) is 82.4 Å². The highest BCUT2D eigenvalue weighted by Crippen LogP contribution is 2.52. The van der Waals surface area contributed by atoms with E-state index in [1.165, 1.54) is 10.9 Å². The number of carbonyl (C=O) groups excluding carboxylic acids is 1. The molecule has 2 aromatic rings. The van der Waals surface area contributed by atoms with Gasteiger partial charge in [-0.05, 0) is 29.1 Å². The van der Waals surface area contributed by atoms with Crippen LogP contribution in [-0.4, -0.2) is 81.7 Å². The number of alkyl halides is 1. The van der Waals surface area contributed by atoms with Crippen LogP contribution in [0.2, 0.25) is 41.8 Å². The first-order valence-electron chi connectivity index (χ1n) is 17.3. The maximum atomic E-state index is 18.4. The van der Waals surface area contributed by atoms with Gasteiger partial charge in [-0.15, -0.1) is 5.54 Å². The number of hydrogen-bond acceptors (Lipinski definition) is 9. The number of anilines is 1. The first-order chi connectivity index (χ1) is 22.2. The largest absolute Gasteiger partial charge is 0.476 e. The molecule has 4 atom stereocenters. The molecule has 0 aromatic carbocycles. The molecule has 4 rings (SSSR count). The Morgan fingerprint density at radius 1 is 1.06 bits per heavy atom. The van der Waals surface area contributed by atoms with Crippen molar-refractivity contribution in [3.05, 3.63) is 6.33 Å². The fourth-order valence-electron chi connectivity index (χ4n) is 6.45. The van der Waals surface area contributed by atoms with Crippen LogP contribution in [0, 0.1) is 17.4 Å². The minimum absolute atomic E-state index is 0.0137. The van der Waals surface area contributed by atoms with Crippen LogP contribution < -0.4 is 10.1 Å². The van der Waals surface area contributed by atoms with Gasteiger partial charge in [-0.3, -0.25) is 14.7 Å². The third-order valence-corrected chi connectivity index (χ3v) is 20.2. The summed E-state index contributed by atoms with van der Waals surface area (Å²) in [5.41, 5.74) is 1.71. The smallest absolute Gasteiger partial charge is 0.335 e. The number of rotatable bonds is 9. The van der Waals surface area contributed by atoms with Gasteiger partial charge in [0.2, 0.25) is 23.4 Å². The lowest BCUT2D eigenvalue weighted by atomic mass is 9.97. The van der Waals surface area contributed by atoms with Crippen molar-refractivity contribution in [3.63, 3.8) is 0 Å². The predicted octanol–water partition coefficient (Wildman–Crippen LogP) is 7.26. The van der Waals surface area contributed by atoms with Crippen LogP contribution in [0.3, 0.4) is 0 Å². The summed E-state index contributed by atoms with van der Waals surface area (Å²) in [6.45, 7) is 29.0. The van der Waals surface area contributed by atoms with Crippen molar-refractivity contribution in [1.29, 1.82) is 0 Å². The average molecular weight is 722 g/mol. The quantitative estimate of drug-likeness (QED) is 0.211. The van der Waals surface area contributed by atoms with Gasteiger partial charge in [-0.1, -0.05) is 94.8 Å². The molecule has 48 heavy (non-hydrogen) atoms. The van der Waals surface area contributed by atoms with Crippen molar-refractivity contribution in [2.45, 2.75) is 142 Å². The molecule has 0 radical (unpaired) electrons. The summed E-state index contributed by atoms with van der Waals surface area (Å²) in [5.74, 6) is 2.67. The maximum Gasteiger partial charge on any atom is 0.335 e. The second-order valence-electron chi connectivity index (χ2n) is 15.6. The minimum Gasteiger partial charge on any atom is -0.476 e. The molecule has 2 aliphatic heterocycles. The molecule has 2 aromatic heterocycles. The predicted molar refractivity (Wildman–Crippen MR) is 193 cm³/mol. The van der Waals surface area contributed by atoms with Gasteiger partial charge >= 0.3 is 17.1 Å². The second kappa shape index (κ2) is 14.2. The van der Waals surface area contributed by atoms with E-state index in [0.29, 0.717) is 12.1 Å². The molecule has 0 aliphatic carbocycles. The van der Waals surface area contributed by atoms with Crippen molar-refractivity contribution >= 4 is 48.2 Å². The summed E-state index contributed by atoms with van der Waals surface area (Å²) in [6, 6.07) is 0. The highest BCUT2D eigenvalue weighted by molar-refractivity contribution is 6.84. The average Bonchev–Trinajstić information content (AvgIpc) is 3.49. The number of carbonyl (C=O) groups is 1. The Kier molecular flexibility index (Phi) is 11.4. The number of amides is 1. The van der Waals surface area contributed by atoms with Gasteiger partial charge in [-0.25, -0.2) is 9.37 Å². The van der Waals surface area contributed by atoms with Crippen molar-refractivity contribution in [1.82, 2.24) is 19.5 Å². The third-order valence-electron chi connectivity index (χ3n) is 9.05. The lowest BCUT2D eigenvalue weighted by Gasteiger charge is -2.51. The van der Waals surface area contributed by atoms with E-state index in [0.717, 1.165) is 0 Å². The molecule has 1 amide bonds. The monoisotopic (exact) mass is 721 g/mol. The third kappa shape index (κ3) is 7.17. The molecule has 2 saturated heterocycles. The summed E-state index contributed by atoms with van der Waals surface area (Å²) in [6.07, 6.45) is -1.74. The van der Waals surface area contributed by atoms with Gasteiger partial charge < -0.3 is 22.4 Å². The Bertz CT molecular complexity index is 1520. The van der Waals surface area contributed by atoms with E-state index in [-0.39, 0.29) is 58.1 Å². The van der Waals surface area contributed by atoms with Crippen LogP contribution >= 0.6 is 0 Å². The minimum atomic E-state index is -3.21. The highest BCUT2D eigenvalue weighted by atomic mass is 28.5. The number of ether oxygens (including phenoxy) is 2. The van der Waals surface area contributed by atoms with E-state index in [1.807, 2.05) is 6.92 Å². The number of aromatic nitrogens is 4. The maximum absolute atomic E-state index is 18.4. The van der Waals surface area contributed by atoms with Crippen molar-refractivity contribution in [2.75, 3.05) is 18.5 Å². The Hall–Kier alpha value is -2.20. The van der Waals surface area contributed by atoms with Crippen molar-refractivity contribution in [3.8, 4) is 17.3 Å². The number of nitrogens with zero attached hydrogens (tertiary/aromatic N) is 4. The molecule has 4 heterocycles. The summed E-state index contributed by atoms with van der Waals surface area (Å²) >= 11 is 0. The highest BCUT2D eigenvalue weighted by Gasteiger charge is 2.66. The number of imidazole rings is 1. The fraction of sp³-hybridized carbons (Fsp3) is 0.758. The van der Waals surface area contributed by atoms with Gasteiger partial charge in [0.25, 0.3) is 0 Å². The Balaban J connectivity index is 1.97. The van der Waals surface area contributed by atoms with Gasteiger partial charge in [0.1, 0.15) is 20.3 Å². The number of halogens is 1. The van der Waals surface area contributed by atoms with Crippen LogP contribution in [-0.2, 0) is 22.5 Å². The van der Waals surface area contributed by atoms with Crippen LogP contribution in [0.25, 0.3) is 11.2 Å². The SMILES string of the molecule is CCOc1nc(NC(=O)C(C)C)nc2c1ncn2[C@@H]1O[C@@H]2CO[Si](C(C)C)(C(C)C)O[Si](C(C)C)(C(C)C)O[C@H]2[C@]1(F)C#C[Si](C)(C)C. The molecule has 0 spiro atoms. The van der Waals surface area contributed by atoms with Gasteiger partial charge in [0.05, 0.1) is 19.5 Å². The standard InChI is InChI=1S/C33H56FN5O6Si3/c1-15-41-30-26-28(36-32(38-30)37-29(40)20(2)3)39(19-35-26)31-33(34,16-17-46(12,13)14)27-25(43-31)18-42-47(21(4)5,22(6)7)45-48(44-27,23(8)9)24(10)11/h19-25,27,31H,15,18H2,1-14H3,(H,36,37,38,40)/t25-,27-,31-,33-/m1/s1. The van der Waals surface area contributed by atoms with E-state index in [4.69, 9.17) is 22.4 Å². The Morgan fingerprint density at radius 3 is 2.19 bits per heavy atom. The second-order valence-corrected chi connectivity index (χ2v) is 29.2. The van der Waals surface area contributed by atoms with Gasteiger partial charge in [0, 0.05) is 5.92 Å². The van der Waals surface area contributed by atoms with Crippen LogP contribution in [0.4, 0.5) is 10.3 Å². The molecule has 2 fully saturated rings. The molecular weight excluding hydrogens is 666 g/mol. The topological polar surface area (TPSA) is 119 Å². The molecular formula is C33H56FN5O6Si3. The first-order valence-corrected chi connectivity index (χ1v) is 24.7. The molecule has 15 heteroatoms. The summed E-state index contributed by atoms with van der Waals surface area (Å²) < 4.78 is 53.9. The van der Waals surface area contributed by atoms with Crippen molar-refractivity contribution in [2.24, 2.45) is 5.92 Å². The van der Waals surface area contributed by atoms with Gasteiger partial charge in [0.15, 0.2) is 17.4 Å². The molecule has 1 N–H and O–H groups in total. The van der Waals surface area contributed by atoms with Gasteiger partial charge in [-0.2, -0.15) is 9.97 Å². The lowest BCUT2D eigenvalue weighted by Crippen LogP contribution is -2.66. The van der Waals surface area contributed by atoms with E-state index in [2.05, 4.69) is 107 Å². The normalized spacial score (nSPS) is 25.7. The molecule has 2 aliphatic rings. The van der Waals surface area contributed by atoms with Crippen molar-refractivity contribution < 1.29 is 31.6 Å². The van der Waals surface area contributed by atoms with Crippen LogP contribution in [0.5, 0.6) is 5.88 Å². The number of fused-ring (bicyclic) bond motifs is 2. The summed E-state index contributed by atoms with van der Waals surface area (Å²) in [7, 11) is -8.21. The molecule has 11 nitrogen and oxygen atoms in total. The zero-order valence-electron chi connectivity index (χ0n) is 31.2. The number of hydrogen-bond donors (Lipinski definition) is 1. The molecule has 0 bridgehead atoms. The zero-order chi connectivity index (χ0) is 36.0. The van der Waals surface area contributed by atoms with E-state index in [9.17, 15) is 4.79 Å². The summed E-state index contributed by atoms with van der Waals surface area (Å²) in [4.78, 5) is 26.2. The van der Waals surface area contributed by atoms with E-state index in [1.54, 1.807) is 13.8 Å². The van der Waals surface area contributed by atoms with Crippen LogP contribution in [0.15, 0.2) is 6.33 Å². The lowest BCUT2D eigenvalue weighted by molar-refractivity contribution is -0.118. The molecule has 0 unspecified atom stereocenters. The van der Waals surface area contributed by atoms with E-state index >= 15 is 4.39 Å². The Morgan fingerprint density at radius 2 is 1.67 bits per heavy atom. The molecule has 268 valence electrons. The molecule has 0 saturated carbocycles. The summed E-state index contributed by atoms with van der Waals surface area (Å²) in [5, 5.41) is 2.75.